The smallest absolute Gasteiger partial charge is 0.335 e. The normalized spacial score (nSPS) is 9.89. The quantitative estimate of drug-likeness (QED) is 0.743. The third-order valence-corrected chi connectivity index (χ3v) is 2.20. The fourth-order valence-corrected chi connectivity index (χ4v) is 1.40. The Morgan fingerprint density at radius 2 is 1.68 bits per heavy atom. The number of aromatic nitrogens is 3. The van der Waals surface area contributed by atoms with E-state index >= 15 is 0 Å². The third kappa shape index (κ3) is 3.00. The predicted molar refractivity (Wildman–Crippen MR) is 63.5 cm³/mol. The van der Waals surface area contributed by atoms with Crippen LogP contribution in [-0.4, -0.2) is 37.6 Å². The Labute approximate surface area is 106 Å². The van der Waals surface area contributed by atoms with Crippen molar-refractivity contribution < 1.29 is 19.8 Å². The van der Waals surface area contributed by atoms with E-state index in [-0.39, 0.29) is 16.8 Å². The van der Waals surface area contributed by atoms with Crippen molar-refractivity contribution in [2.45, 2.75) is 0 Å². The highest BCUT2D eigenvalue weighted by Crippen LogP contribution is 2.18. The van der Waals surface area contributed by atoms with Gasteiger partial charge in [-0.3, -0.25) is 0 Å². The molecule has 3 N–H and O–H groups in total. The van der Waals surface area contributed by atoms with Gasteiger partial charge in [0.25, 0.3) is 0 Å². The third-order valence-electron chi connectivity index (χ3n) is 2.20. The summed E-state index contributed by atoms with van der Waals surface area (Å²) in [6.45, 7) is 0. The molecule has 0 saturated heterocycles. The summed E-state index contributed by atoms with van der Waals surface area (Å²) in [4.78, 5) is 21.8. The Kier molecular flexibility index (Phi) is 3.33. The Morgan fingerprint density at radius 3 is 2.16 bits per heavy atom. The lowest BCUT2D eigenvalue weighted by Gasteiger charge is -2.07. The largest absolute Gasteiger partial charge is 0.478 e. The lowest BCUT2D eigenvalue weighted by atomic mass is 10.1. The van der Waals surface area contributed by atoms with Crippen molar-refractivity contribution >= 4 is 23.4 Å². The van der Waals surface area contributed by atoms with Crippen LogP contribution in [0.3, 0.4) is 0 Å². The number of aromatic carboxylic acids is 2. The molecule has 1 aromatic heterocycles. The van der Waals surface area contributed by atoms with Crippen LogP contribution in [-0.2, 0) is 0 Å². The molecule has 2 aromatic rings. The van der Waals surface area contributed by atoms with Crippen LogP contribution < -0.4 is 5.32 Å². The summed E-state index contributed by atoms with van der Waals surface area (Å²) in [6, 6.07) is 5.20. The highest BCUT2D eigenvalue weighted by molar-refractivity contribution is 5.95. The molecule has 0 fully saturated rings. The average molecular weight is 260 g/mol. The van der Waals surface area contributed by atoms with Gasteiger partial charge in [-0.2, -0.15) is 0 Å². The van der Waals surface area contributed by atoms with Crippen molar-refractivity contribution in [3.05, 3.63) is 41.6 Å². The summed E-state index contributed by atoms with van der Waals surface area (Å²) >= 11 is 0. The molecule has 0 unspecified atom stereocenters. The molecule has 1 aromatic carbocycles. The van der Waals surface area contributed by atoms with E-state index in [1.165, 1.54) is 24.4 Å². The molecular formula is C11H8N4O4. The number of hydrogen-bond donors (Lipinski definition) is 3. The van der Waals surface area contributed by atoms with Crippen molar-refractivity contribution in [3.8, 4) is 0 Å². The highest BCUT2D eigenvalue weighted by atomic mass is 16.4. The molecule has 0 aliphatic rings. The number of rotatable bonds is 4. The molecule has 0 spiro atoms. The van der Waals surface area contributed by atoms with Crippen LogP contribution in [0.1, 0.15) is 20.7 Å². The van der Waals surface area contributed by atoms with E-state index in [2.05, 4.69) is 20.7 Å². The number of benzene rings is 1. The number of carboxylic acid groups (broad SMARTS) is 2. The Bertz CT molecular complexity index is 598. The molecule has 8 heteroatoms. The standard InChI is InChI=1S/C11H8N4O4/c16-10(17)6-3-7(11(18)19)5-8(4-6)13-9-1-2-12-15-14-9/h1-5H,(H,16,17)(H,18,19)(H,12,13,14). The number of nitrogens with zero attached hydrogens (tertiary/aromatic N) is 3. The van der Waals surface area contributed by atoms with Gasteiger partial charge < -0.3 is 15.5 Å². The van der Waals surface area contributed by atoms with Crippen LogP contribution in [0.4, 0.5) is 11.5 Å². The van der Waals surface area contributed by atoms with Crippen molar-refractivity contribution in [3.63, 3.8) is 0 Å². The van der Waals surface area contributed by atoms with Gasteiger partial charge in [0, 0.05) is 11.8 Å². The molecule has 2 rings (SSSR count). The Morgan fingerprint density at radius 1 is 1.05 bits per heavy atom. The monoisotopic (exact) mass is 260 g/mol. The van der Waals surface area contributed by atoms with Crippen LogP contribution in [0.2, 0.25) is 0 Å². The van der Waals surface area contributed by atoms with Gasteiger partial charge in [-0.05, 0) is 23.4 Å². The predicted octanol–water partition coefficient (Wildman–Crippen LogP) is 1.01. The topological polar surface area (TPSA) is 125 Å². The zero-order chi connectivity index (χ0) is 13.8. The Balaban J connectivity index is 2.39. The summed E-state index contributed by atoms with van der Waals surface area (Å²) in [5.74, 6) is -2.10. The lowest BCUT2D eigenvalue weighted by Crippen LogP contribution is -2.05. The maximum atomic E-state index is 10.9. The van der Waals surface area contributed by atoms with E-state index in [1.54, 1.807) is 0 Å². The minimum absolute atomic E-state index is 0.135. The van der Waals surface area contributed by atoms with Gasteiger partial charge >= 0.3 is 11.9 Å². The first-order chi connectivity index (χ1) is 9.06. The summed E-state index contributed by atoms with van der Waals surface area (Å²) < 4.78 is 0. The first-order valence-corrected chi connectivity index (χ1v) is 5.09. The van der Waals surface area contributed by atoms with Crippen LogP contribution in [0.15, 0.2) is 30.5 Å². The first kappa shape index (κ1) is 12.4. The second-order valence-electron chi connectivity index (χ2n) is 3.54. The average Bonchev–Trinajstić information content (AvgIpc) is 2.39. The van der Waals surface area contributed by atoms with Crippen LogP contribution in [0.25, 0.3) is 0 Å². The first-order valence-electron chi connectivity index (χ1n) is 5.09. The molecule has 0 radical (unpaired) electrons. The number of anilines is 2. The summed E-state index contributed by atoms with van der Waals surface area (Å²) in [5.41, 5.74) is 0.0200. The Hall–Kier alpha value is -3.03. The summed E-state index contributed by atoms with van der Waals surface area (Å²) in [5, 5.41) is 31.1. The molecule has 0 atom stereocenters. The summed E-state index contributed by atoms with van der Waals surface area (Å²) in [6.07, 6.45) is 1.40. The second kappa shape index (κ2) is 5.08. The van der Waals surface area contributed by atoms with Crippen LogP contribution >= 0.6 is 0 Å². The van der Waals surface area contributed by atoms with E-state index in [0.717, 1.165) is 6.07 Å². The molecule has 96 valence electrons. The van der Waals surface area contributed by atoms with Gasteiger partial charge in [-0.25, -0.2) is 9.59 Å². The van der Waals surface area contributed by atoms with E-state index in [0.29, 0.717) is 5.82 Å². The van der Waals surface area contributed by atoms with E-state index in [1.807, 2.05) is 0 Å². The minimum atomic E-state index is -1.22. The molecule has 1 heterocycles. The molecule has 0 aliphatic heterocycles. The maximum absolute atomic E-state index is 10.9. The van der Waals surface area contributed by atoms with E-state index < -0.39 is 11.9 Å². The zero-order valence-electron chi connectivity index (χ0n) is 9.44. The van der Waals surface area contributed by atoms with Crippen molar-refractivity contribution in [2.24, 2.45) is 0 Å². The van der Waals surface area contributed by atoms with Gasteiger partial charge in [0.2, 0.25) is 0 Å². The fourth-order valence-electron chi connectivity index (χ4n) is 1.40. The van der Waals surface area contributed by atoms with Gasteiger partial charge in [-0.15, -0.1) is 10.2 Å². The van der Waals surface area contributed by atoms with Gasteiger partial charge in [0.05, 0.1) is 17.3 Å². The van der Waals surface area contributed by atoms with Crippen LogP contribution in [0.5, 0.6) is 0 Å². The number of carboxylic acids is 2. The molecule has 8 nitrogen and oxygen atoms in total. The zero-order valence-corrected chi connectivity index (χ0v) is 9.44. The van der Waals surface area contributed by atoms with E-state index in [9.17, 15) is 9.59 Å². The summed E-state index contributed by atoms with van der Waals surface area (Å²) in [7, 11) is 0. The molecule has 19 heavy (non-hydrogen) atoms. The molecule has 0 amide bonds. The number of hydrogen-bond acceptors (Lipinski definition) is 6. The van der Waals surface area contributed by atoms with Gasteiger partial charge in [0.15, 0.2) is 5.82 Å². The minimum Gasteiger partial charge on any atom is -0.478 e. The van der Waals surface area contributed by atoms with Crippen molar-refractivity contribution in [2.75, 3.05) is 5.32 Å². The SMILES string of the molecule is O=C(O)c1cc(Nc2ccnnn2)cc(C(=O)O)c1. The van der Waals surface area contributed by atoms with Crippen molar-refractivity contribution in [1.29, 1.82) is 0 Å². The van der Waals surface area contributed by atoms with Crippen molar-refractivity contribution in [1.82, 2.24) is 15.4 Å². The second-order valence-corrected chi connectivity index (χ2v) is 3.54. The van der Waals surface area contributed by atoms with E-state index in [4.69, 9.17) is 10.2 Å². The molecule has 0 bridgehead atoms. The molecule has 0 aliphatic carbocycles. The lowest BCUT2D eigenvalue weighted by molar-refractivity contribution is 0.0696. The number of nitrogens with one attached hydrogen (secondary N) is 1. The number of carbonyl (C=O) groups is 2. The van der Waals surface area contributed by atoms with Gasteiger partial charge in [-0.1, -0.05) is 0 Å². The fraction of sp³-hybridized carbons (Fsp3) is 0. The molecule has 0 saturated carbocycles. The van der Waals surface area contributed by atoms with Gasteiger partial charge in [0.1, 0.15) is 0 Å². The maximum Gasteiger partial charge on any atom is 0.335 e. The highest BCUT2D eigenvalue weighted by Gasteiger charge is 2.11. The molecular weight excluding hydrogens is 252 g/mol. The van der Waals surface area contributed by atoms with Crippen LogP contribution in [0, 0.1) is 0 Å².